The van der Waals surface area contributed by atoms with Gasteiger partial charge in [-0.25, -0.2) is 17.5 Å². The second-order valence-corrected chi connectivity index (χ2v) is 5.08. The number of primary sulfonamides is 1. The number of aromatic nitrogens is 1. The van der Waals surface area contributed by atoms with Gasteiger partial charge in [0.15, 0.2) is 0 Å². The van der Waals surface area contributed by atoms with Crippen LogP contribution in [0.3, 0.4) is 0 Å². The second-order valence-electron chi connectivity index (χ2n) is 2.20. The highest BCUT2D eigenvalue weighted by Crippen LogP contribution is 2.07. The predicted octanol–water partition coefficient (Wildman–Crippen LogP) is -1.21. The van der Waals surface area contributed by atoms with E-state index in [-0.39, 0.29) is 4.90 Å². The van der Waals surface area contributed by atoms with Crippen molar-refractivity contribution in [1.29, 1.82) is 0 Å². The summed E-state index contributed by atoms with van der Waals surface area (Å²) in [6.07, 6.45) is 1.57. The second kappa shape index (κ2) is 2.80. The van der Waals surface area contributed by atoms with Crippen molar-refractivity contribution in [2.24, 2.45) is 5.14 Å². The summed E-state index contributed by atoms with van der Waals surface area (Å²) < 4.78 is 51.0. The standard InChI is InChI=1S/C4H6N2O5S2/c5-12(7,8)4-1-2-6(3-4)13(9,10)11/h1-3H,(H2,5,7,8)(H,9,10,11). The summed E-state index contributed by atoms with van der Waals surface area (Å²) in [5.41, 5.74) is 0. The predicted molar refractivity (Wildman–Crippen MR) is 42.8 cm³/mol. The van der Waals surface area contributed by atoms with Crippen LogP contribution in [0.1, 0.15) is 0 Å². The van der Waals surface area contributed by atoms with Crippen LogP contribution in [0.2, 0.25) is 0 Å². The van der Waals surface area contributed by atoms with Gasteiger partial charge >= 0.3 is 10.3 Å². The molecule has 0 aliphatic heterocycles. The van der Waals surface area contributed by atoms with E-state index in [1.165, 1.54) is 0 Å². The lowest BCUT2D eigenvalue weighted by atomic mass is 10.7. The van der Waals surface area contributed by atoms with Crippen molar-refractivity contribution in [2.75, 3.05) is 0 Å². The van der Waals surface area contributed by atoms with E-state index in [2.05, 4.69) is 0 Å². The van der Waals surface area contributed by atoms with Gasteiger partial charge in [-0.3, -0.25) is 4.55 Å². The minimum absolute atomic E-state index is 0.340. The highest BCUT2D eigenvalue weighted by atomic mass is 32.2. The molecule has 0 saturated heterocycles. The lowest BCUT2D eigenvalue weighted by Crippen LogP contribution is -2.12. The molecule has 0 bridgehead atoms. The van der Waals surface area contributed by atoms with Gasteiger partial charge in [0.25, 0.3) is 0 Å². The number of nitrogens with two attached hydrogens (primary N) is 1. The van der Waals surface area contributed by atoms with Crippen LogP contribution in [0.15, 0.2) is 23.4 Å². The third kappa shape index (κ3) is 2.28. The molecule has 0 amide bonds. The Labute approximate surface area is 74.7 Å². The van der Waals surface area contributed by atoms with Crippen LogP contribution in [-0.2, 0) is 20.3 Å². The highest BCUT2D eigenvalue weighted by Gasteiger charge is 2.13. The number of hydrogen-bond donors (Lipinski definition) is 2. The number of nitrogens with zero attached hydrogens (tertiary/aromatic N) is 1. The summed E-state index contributed by atoms with van der Waals surface area (Å²) in [7, 11) is -8.38. The maximum atomic E-state index is 10.7. The first-order chi connectivity index (χ1) is 5.71. The van der Waals surface area contributed by atoms with Crippen LogP contribution in [-0.4, -0.2) is 25.4 Å². The summed E-state index contributed by atoms with van der Waals surface area (Å²) in [4.78, 5) is -0.384. The van der Waals surface area contributed by atoms with Crippen LogP contribution in [0.25, 0.3) is 0 Å². The molecule has 0 unspecified atom stereocenters. The molecule has 1 aromatic rings. The number of rotatable bonds is 2. The normalized spacial score (nSPS) is 13.1. The Morgan fingerprint density at radius 3 is 2.08 bits per heavy atom. The maximum absolute atomic E-state index is 10.7. The average Bonchev–Trinajstić information content (AvgIpc) is 2.28. The fourth-order valence-corrected chi connectivity index (χ4v) is 1.71. The van der Waals surface area contributed by atoms with Crippen molar-refractivity contribution in [3.63, 3.8) is 0 Å². The molecular weight excluding hydrogens is 220 g/mol. The van der Waals surface area contributed by atoms with Gasteiger partial charge in [0.1, 0.15) is 4.90 Å². The Morgan fingerprint density at radius 2 is 1.85 bits per heavy atom. The van der Waals surface area contributed by atoms with E-state index in [9.17, 15) is 16.8 Å². The average molecular weight is 226 g/mol. The highest BCUT2D eigenvalue weighted by molar-refractivity contribution is 7.89. The third-order valence-corrected chi connectivity index (χ3v) is 2.89. The Balaban J connectivity index is 3.32. The molecule has 0 radical (unpaired) electrons. The van der Waals surface area contributed by atoms with Crippen molar-refractivity contribution in [3.8, 4) is 0 Å². The third-order valence-electron chi connectivity index (χ3n) is 1.24. The molecule has 0 atom stereocenters. The van der Waals surface area contributed by atoms with E-state index >= 15 is 0 Å². The quantitative estimate of drug-likeness (QED) is 0.613. The van der Waals surface area contributed by atoms with E-state index in [4.69, 9.17) is 9.69 Å². The molecule has 1 heterocycles. The van der Waals surface area contributed by atoms with Crippen molar-refractivity contribution in [3.05, 3.63) is 18.5 Å². The minimum Gasteiger partial charge on any atom is -0.269 e. The first-order valence-electron chi connectivity index (χ1n) is 2.90. The lowest BCUT2D eigenvalue weighted by Gasteiger charge is -1.94. The first kappa shape index (κ1) is 10.2. The molecule has 0 aromatic carbocycles. The Bertz CT molecular complexity index is 464. The molecule has 3 N–H and O–H groups in total. The lowest BCUT2D eigenvalue weighted by molar-refractivity contribution is 0.472. The molecule has 0 saturated carbocycles. The summed E-state index contributed by atoms with van der Waals surface area (Å²) in [6, 6.07) is 0.961. The molecule has 7 nitrogen and oxygen atoms in total. The van der Waals surface area contributed by atoms with E-state index in [0.717, 1.165) is 12.3 Å². The van der Waals surface area contributed by atoms with Gasteiger partial charge < -0.3 is 0 Å². The molecule has 1 rings (SSSR count). The van der Waals surface area contributed by atoms with Gasteiger partial charge in [-0.15, -0.1) is 0 Å². The molecule has 0 aliphatic carbocycles. The zero-order valence-electron chi connectivity index (χ0n) is 6.15. The summed E-state index contributed by atoms with van der Waals surface area (Å²) in [5.74, 6) is 0. The molecule has 1 aromatic heterocycles. The largest absolute Gasteiger partial charge is 0.363 e. The van der Waals surface area contributed by atoms with E-state index in [0.29, 0.717) is 10.2 Å². The fraction of sp³-hybridized carbons (Fsp3) is 0. The van der Waals surface area contributed by atoms with Gasteiger partial charge in [-0.1, -0.05) is 0 Å². The van der Waals surface area contributed by atoms with Crippen molar-refractivity contribution in [2.45, 2.75) is 4.90 Å². The van der Waals surface area contributed by atoms with Crippen LogP contribution in [0, 0.1) is 0 Å². The van der Waals surface area contributed by atoms with Crippen molar-refractivity contribution in [1.82, 2.24) is 3.97 Å². The Kier molecular flexibility index (Phi) is 2.20. The van der Waals surface area contributed by atoms with Gasteiger partial charge in [0.2, 0.25) is 10.0 Å². The van der Waals surface area contributed by atoms with Crippen molar-refractivity contribution >= 4 is 20.3 Å². The number of sulfonamides is 1. The molecule has 74 valence electrons. The van der Waals surface area contributed by atoms with Crippen molar-refractivity contribution < 1.29 is 21.4 Å². The topological polar surface area (TPSA) is 119 Å². The van der Waals surface area contributed by atoms with Gasteiger partial charge in [0.05, 0.1) is 0 Å². The summed E-state index contributed by atoms with van der Waals surface area (Å²) in [6.45, 7) is 0. The Morgan fingerprint density at radius 1 is 1.31 bits per heavy atom. The van der Waals surface area contributed by atoms with Gasteiger partial charge in [-0.2, -0.15) is 8.42 Å². The molecule has 0 fully saturated rings. The number of hydrogen-bond acceptors (Lipinski definition) is 4. The van der Waals surface area contributed by atoms with E-state index in [1.54, 1.807) is 0 Å². The SMILES string of the molecule is NS(=O)(=O)c1ccn(S(=O)(=O)O)c1. The maximum Gasteiger partial charge on any atom is 0.363 e. The Hall–Kier alpha value is -0.900. The monoisotopic (exact) mass is 226 g/mol. The zero-order chi connectivity index (χ0) is 10.3. The van der Waals surface area contributed by atoms with E-state index < -0.39 is 20.3 Å². The van der Waals surface area contributed by atoms with Crippen LogP contribution < -0.4 is 5.14 Å². The molecule has 0 spiro atoms. The molecular formula is C4H6N2O5S2. The van der Waals surface area contributed by atoms with Gasteiger partial charge in [0, 0.05) is 12.4 Å². The molecule has 0 aliphatic rings. The van der Waals surface area contributed by atoms with Crippen LogP contribution >= 0.6 is 0 Å². The minimum atomic E-state index is -4.45. The first-order valence-corrected chi connectivity index (χ1v) is 5.84. The van der Waals surface area contributed by atoms with E-state index in [1.807, 2.05) is 0 Å². The summed E-state index contributed by atoms with van der Waals surface area (Å²) >= 11 is 0. The molecule has 9 heteroatoms. The molecule has 13 heavy (non-hydrogen) atoms. The van der Waals surface area contributed by atoms with Crippen LogP contribution in [0.4, 0.5) is 0 Å². The smallest absolute Gasteiger partial charge is 0.269 e. The zero-order valence-corrected chi connectivity index (χ0v) is 7.79. The van der Waals surface area contributed by atoms with Crippen LogP contribution in [0.5, 0.6) is 0 Å². The summed E-state index contributed by atoms with van der Waals surface area (Å²) in [5, 5.41) is 4.70. The van der Waals surface area contributed by atoms with Gasteiger partial charge in [-0.05, 0) is 6.07 Å². The fourth-order valence-electron chi connectivity index (χ4n) is 0.670.